The molecule has 0 radical (unpaired) electrons. The Balaban J connectivity index is 1.02. The lowest BCUT2D eigenvalue weighted by Gasteiger charge is -2.37. The molecule has 25 nitrogen and oxygen atoms in total. The van der Waals surface area contributed by atoms with E-state index < -0.39 is 157 Å². The molecule has 512 valence electrons. The Bertz CT molecular complexity index is 3850. The van der Waals surface area contributed by atoms with E-state index in [4.69, 9.17) is 10.5 Å². The number of carbonyl (C=O) groups is 10. The number of aryl methyl sites for hydroxylation is 1. The average Bonchev–Trinajstić information content (AvgIpc) is 1.59. The summed E-state index contributed by atoms with van der Waals surface area (Å²) in [6.07, 6.45) is -0.275. The number of aliphatic hydroxyl groups excluding tert-OH is 1. The second-order valence-corrected chi connectivity index (χ2v) is 25.1. The molecule has 6 heterocycles. The van der Waals surface area contributed by atoms with Crippen molar-refractivity contribution in [3.05, 3.63) is 137 Å². The third kappa shape index (κ3) is 17.5. The van der Waals surface area contributed by atoms with Gasteiger partial charge in [0.15, 0.2) is 0 Å². The molecule has 10 amide bonds. The van der Waals surface area contributed by atoms with Gasteiger partial charge >= 0.3 is 0 Å². The van der Waals surface area contributed by atoms with Crippen LogP contribution in [0.3, 0.4) is 0 Å². The number of amides is 10. The molecule has 6 aromatic rings. The van der Waals surface area contributed by atoms with Crippen molar-refractivity contribution in [2.75, 3.05) is 33.3 Å². The van der Waals surface area contributed by atoms with E-state index in [1.807, 2.05) is 12.1 Å². The van der Waals surface area contributed by atoms with Gasteiger partial charge in [0.2, 0.25) is 59.1 Å². The Kier molecular flexibility index (Phi) is 23.2. The summed E-state index contributed by atoms with van der Waals surface area (Å²) >= 11 is 0. The first kappa shape index (κ1) is 70.5. The highest BCUT2D eigenvalue weighted by Gasteiger charge is 2.49. The number of rotatable bonds is 10. The number of nitrogens with one attached hydrogen (secondary N) is 10. The molecular formula is C68H82F3N13O12. The van der Waals surface area contributed by atoms with Gasteiger partial charge in [0.1, 0.15) is 71.4 Å². The number of nitrogens with zero attached hydrogens (tertiary/aromatic N) is 2. The summed E-state index contributed by atoms with van der Waals surface area (Å²) in [5.41, 5.74) is 8.22. The lowest BCUT2D eigenvalue weighted by atomic mass is 9.94. The molecule has 2 aromatic heterocycles. The zero-order valence-corrected chi connectivity index (χ0v) is 53.8. The molecule has 10 atom stereocenters. The highest BCUT2D eigenvalue weighted by molar-refractivity contribution is 6.00. The summed E-state index contributed by atoms with van der Waals surface area (Å²) < 4.78 is 50.9. The van der Waals surface area contributed by atoms with E-state index in [1.165, 1.54) is 75.4 Å². The summed E-state index contributed by atoms with van der Waals surface area (Å²) in [7, 11) is 1.46. The van der Waals surface area contributed by atoms with E-state index in [2.05, 4.69) is 52.5 Å². The van der Waals surface area contributed by atoms with Crippen LogP contribution in [0.1, 0.15) is 93.5 Å². The number of benzene rings is 4. The monoisotopic (exact) mass is 1330 g/mol. The molecule has 0 unspecified atom stereocenters. The van der Waals surface area contributed by atoms with Gasteiger partial charge in [-0.15, -0.1) is 0 Å². The molecule has 2 saturated heterocycles. The van der Waals surface area contributed by atoms with Crippen LogP contribution in [-0.2, 0) is 80.2 Å². The van der Waals surface area contributed by atoms with Gasteiger partial charge in [-0.25, -0.2) is 13.2 Å². The van der Waals surface area contributed by atoms with Gasteiger partial charge < -0.3 is 77.9 Å². The minimum absolute atomic E-state index is 0.00228. The Morgan fingerprint density at radius 3 is 2.01 bits per heavy atom. The highest BCUT2D eigenvalue weighted by atomic mass is 19.1. The topological polar surface area (TPSA) is 360 Å². The number of halogens is 3. The van der Waals surface area contributed by atoms with Gasteiger partial charge in [0.25, 0.3) is 0 Å². The van der Waals surface area contributed by atoms with Crippen molar-refractivity contribution >= 4 is 80.9 Å². The number of H-pyrrole nitrogens is 2. The molecule has 4 aliphatic heterocycles. The fourth-order valence-electron chi connectivity index (χ4n) is 12.5. The molecule has 10 rings (SSSR count). The lowest BCUT2D eigenvalue weighted by molar-refractivity contribution is -0.147. The molecule has 2 bridgehead atoms. The van der Waals surface area contributed by atoms with Crippen LogP contribution in [0.25, 0.3) is 21.8 Å². The molecule has 2 fully saturated rings. The standard InChI is InChI=1S/C68H82F3N13O12/c1-37-61(89)78-52(20-15-42-33-74-50-21-16-44(69)29-48(42)50)62(90)79-55(28-43-34-75-51-22-17-45(70)30-49(43)51)65(93)83-36-46(71)31-56(83)63(91)82-59(38(2)85)64(92)80-54(27-40-13-18-47(96-4)19-14-40)66(94)84-25-7-23-68(84,3)67(95)81-53(60(72)88)26-39-9-11-41(12-10-39)32-73-24-6-5-8-57(86)76-35-58(87)77-37/h9-14,16-19,21-22,29-30,33-34,37-38,46,52-56,59,73-75,85H,5-8,15,20,23-28,31-32,35-36H2,1-4H3,(H2,72,88)(H,76,86)(H,77,87)(H,78,89)(H,79,90)(H,80,92)(H,81,95)(H,82,91)/t37-,38-,46+,52+,53+,54+,55+,56+,59+,68+/m1/s1. The van der Waals surface area contributed by atoms with Crippen molar-refractivity contribution in [3.63, 3.8) is 0 Å². The number of aromatic amines is 2. The normalized spacial score (nSPS) is 25.1. The van der Waals surface area contributed by atoms with E-state index >= 15 is 14.0 Å². The second kappa shape index (κ2) is 31.6. The Labute approximate surface area is 551 Å². The van der Waals surface area contributed by atoms with Crippen LogP contribution in [-0.4, -0.2) is 177 Å². The third-order valence-corrected chi connectivity index (χ3v) is 18.0. The smallest absolute Gasteiger partial charge is 0.246 e. The van der Waals surface area contributed by atoms with Gasteiger partial charge in [-0.1, -0.05) is 36.4 Å². The fraction of sp³-hybridized carbons (Fsp3) is 0.441. The van der Waals surface area contributed by atoms with Crippen LogP contribution in [0.2, 0.25) is 0 Å². The van der Waals surface area contributed by atoms with E-state index in [9.17, 15) is 52.2 Å². The zero-order chi connectivity index (χ0) is 69.0. The number of alkyl halides is 1. The second-order valence-electron chi connectivity index (χ2n) is 25.1. The number of hydrogen-bond donors (Lipinski definition) is 12. The van der Waals surface area contributed by atoms with Crippen molar-refractivity contribution in [1.82, 2.24) is 62.3 Å². The Hall–Kier alpha value is -9.83. The third-order valence-electron chi connectivity index (χ3n) is 18.0. The van der Waals surface area contributed by atoms with Crippen molar-refractivity contribution in [2.45, 2.75) is 158 Å². The number of ether oxygens (including phenoxy) is 1. The number of aromatic nitrogens is 2. The SMILES string of the molecule is COc1ccc(C[C@@H]2NC(=O)[C@H]([C@@H](C)O)NC(=O)[C@@H]3C[C@H](F)CN3C(=O)[C@H](Cc3c[nH]c4ccc(F)cc34)NC(=O)[C@H](CCc3c[nH]c4ccc(F)cc34)NC(=O)[C@@H](C)NC(=O)CNC(=O)CCCCNCc3ccc(cc3)C[C@@H](C(N)=O)NC(=O)[C@]3(C)CCCN3C2=O)cc1. The van der Waals surface area contributed by atoms with Crippen LogP contribution >= 0.6 is 0 Å². The summed E-state index contributed by atoms with van der Waals surface area (Å²) in [5, 5.41) is 33.7. The van der Waals surface area contributed by atoms with Crippen LogP contribution in [0, 0.1) is 11.6 Å². The first-order valence-electron chi connectivity index (χ1n) is 32.1. The number of hydrogen-bond acceptors (Lipinski definition) is 13. The largest absolute Gasteiger partial charge is 0.497 e. The Morgan fingerprint density at radius 1 is 0.708 bits per heavy atom. The van der Waals surface area contributed by atoms with Crippen molar-refractivity contribution in [1.29, 1.82) is 0 Å². The quantitative estimate of drug-likeness (QED) is 0.0876. The van der Waals surface area contributed by atoms with Crippen molar-refractivity contribution < 1.29 is 71.0 Å². The van der Waals surface area contributed by atoms with E-state index in [0.717, 1.165) is 10.5 Å². The summed E-state index contributed by atoms with van der Waals surface area (Å²) in [6.45, 7) is 3.88. The van der Waals surface area contributed by atoms with Crippen LogP contribution in [0.4, 0.5) is 13.2 Å². The number of carbonyl (C=O) groups excluding carboxylic acids is 10. The average molecular weight is 1330 g/mol. The molecule has 0 saturated carbocycles. The molecule has 4 aromatic carbocycles. The van der Waals surface area contributed by atoms with Crippen molar-refractivity contribution in [3.8, 4) is 5.75 Å². The molecule has 0 aliphatic carbocycles. The highest BCUT2D eigenvalue weighted by Crippen LogP contribution is 2.32. The number of primary amides is 1. The van der Waals surface area contributed by atoms with Crippen LogP contribution in [0.15, 0.2) is 97.3 Å². The first-order chi connectivity index (χ1) is 45.9. The number of nitrogens with two attached hydrogens (primary N) is 1. The number of aliphatic hydroxyl groups is 1. The molecule has 4 aliphatic rings. The van der Waals surface area contributed by atoms with Crippen LogP contribution < -0.4 is 53.0 Å². The predicted octanol–water partition coefficient (Wildman–Crippen LogP) is 2.10. The molecule has 13 N–H and O–H groups in total. The van der Waals surface area contributed by atoms with Gasteiger partial charge in [-0.2, -0.15) is 0 Å². The molecule has 0 spiro atoms. The number of methoxy groups -OCH3 is 1. The lowest BCUT2D eigenvalue weighted by Crippen LogP contribution is -2.64. The number of fused-ring (bicyclic) bond motifs is 31. The van der Waals surface area contributed by atoms with Gasteiger partial charge in [-0.3, -0.25) is 47.9 Å². The van der Waals surface area contributed by atoms with Gasteiger partial charge in [0.05, 0.1) is 26.3 Å². The maximum atomic E-state index is 16.1. The van der Waals surface area contributed by atoms with E-state index in [-0.39, 0.29) is 45.1 Å². The minimum Gasteiger partial charge on any atom is -0.497 e. The van der Waals surface area contributed by atoms with Crippen LogP contribution in [0.5, 0.6) is 5.75 Å². The summed E-state index contributed by atoms with van der Waals surface area (Å²) in [6, 6.07) is 10.9. The molecule has 28 heteroatoms. The summed E-state index contributed by atoms with van der Waals surface area (Å²) in [5.74, 6) is -9.21. The maximum absolute atomic E-state index is 16.1. The van der Waals surface area contributed by atoms with Gasteiger partial charge in [-0.05, 0) is 142 Å². The van der Waals surface area contributed by atoms with Crippen molar-refractivity contribution in [2.24, 2.45) is 5.73 Å². The molecular weight excluding hydrogens is 1250 g/mol. The minimum atomic E-state index is -1.87. The fourth-order valence-corrected chi connectivity index (χ4v) is 12.5. The molecule has 96 heavy (non-hydrogen) atoms. The van der Waals surface area contributed by atoms with E-state index in [1.54, 1.807) is 42.6 Å². The maximum Gasteiger partial charge on any atom is 0.246 e. The first-order valence-corrected chi connectivity index (χ1v) is 32.1. The Morgan fingerprint density at radius 2 is 1.34 bits per heavy atom. The van der Waals surface area contributed by atoms with Gasteiger partial charge in [0, 0.05) is 79.4 Å². The summed E-state index contributed by atoms with van der Waals surface area (Å²) in [4.78, 5) is 151. The predicted molar refractivity (Wildman–Crippen MR) is 346 cm³/mol. The van der Waals surface area contributed by atoms with E-state index in [0.29, 0.717) is 82.2 Å². The zero-order valence-electron chi connectivity index (χ0n) is 53.8.